The molecule has 2 aromatic heterocycles. The standard InChI is InChI=1S/C9H11N5O5/c10-9-12-7-6(8(16)13-9)11-3-14(7)19-5-2-17-4(1-15)18-5/h3-5,15H,1-2H2,(H3,10,12,13,16)/t4?,5-/m0/s1. The Balaban J connectivity index is 1.88. The summed E-state index contributed by atoms with van der Waals surface area (Å²) in [5, 5.41) is 8.86. The molecule has 4 N–H and O–H groups in total. The molecule has 0 radical (unpaired) electrons. The van der Waals surface area contributed by atoms with Crippen molar-refractivity contribution >= 4 is 17.1 Å². The van der Waals surface area contributed by atoms with Crippen LogP contribution in [0.1, 0.15) is 0 Å². The van der Waals surface area contributed by atoms with Crippen LogP contribution in [0.5, 0.6) is 0 Å². The summed E-state index contributed by atoms with van der Waals surface area (Å²) in [6.45, 7) is -0.126. The zero-order chi connectivity index (χ0) is 13.4. The fourth-order valence-electron chi connectivity index (χ4n) is 1.70. The average molecular weight is 269 g/mol. The third-order valence-corrected chi connectivity index (χ3v) is 2.50. The quantitative estimate of drug-likeness (QED) is 0.572. The molecule has 0 amide bonds. The highest BCUT2D eigenvalue weighted by Gasteiger charge is 2.28. The predicted molar refractivity (Wildman–Crippen MR) is 60.8 cm³/mol. The molecule has 1 unspecified atom stereocenters. The number of hydrogen-bond acceptors (Lipinski definition) is 8. The lowest BCUT2D eigenvalue weighted by Crippen LogP contribution is -2.28. The number of nitrogens with zero attached hydrogens (tertiary/aromatic N) is 3. The molecule has 0 saturated carbocycles. The molecule has 0 aromatic carbocycles. The highest BCUT2D eigenvalue weighted by Crippen LogP contribution is 2.12. The predicted octanol–water partition coefficient (Wildman–Crippen LogP) is -2.18. The van der Waals surface area contributed by atoms with Crippen LogP contribution in [0.3, 0.4) is 0 Å². The Kier molecular flexibility index (Phi) is 2.81. The molecule has 1 fully saturated rings. The summed E-state index contributed by atoms with van der Waals surface area (Å²) in [6.07, 6.45) is -0.166. The topological polar surface area (TPSA) is 138 Å². The minimum Gasteiger partial charge on any atom is -0.391 e. The van der Waals surface area contributed by atoms with Crippen molar-refractivity contribution in [2.45, 2.75) is 12.6 Å². The maximum Gasteiger partial charge on any atom is 0.280 e. The molecule has 2 atom stereocenters. The van der Waals surface area contributed by atoms with Gasteiger partial charge in [0, 0.05) is 0 Å². The summed E-state index contributed by atoms with van der Waals surface area (Å²) in [4.78, 5) is 27.1. The van der Waals surface area contributed by atoms with Crippen LogP contribution in [0.4, 0.5) is 5.95 Å². The number of aromatic nitrogens is 4. The molecule has 0 aliphatic carbocycles. The van der Waals surface area contributed by atoms with Crippen molar-refractivity contribution in [1.29, 1.82) is 0 Å². The van der Waals surface area contributed by atoms with Crippen LogP contribution in [0.2, 0.25) is 0 Å². The van der Waals surface area contributed by atoms with E-state index in [9.17, 15) is 4.79 Å². The number of aromatic amines is 1. The first-order valence-electron chi connectivity index (χ1n) is 5.45. The second kappa shape index (κ2) is 4.50. The SMILES string of the molecule is Nc1nc2c(ncn2O[C@H]2COC(CO)O2)c(=O)[nH]1. The number of aliphatic hydroxyl groups excluding tert-OH is 1. The zero-order valence-corrected chi connectivity index (χ0v) is 9.65. The molecule has 10 nitrogen and oxygen atoms in total. The normalized spacial score (nSPS) is 23.0. The summed E-state index contributed by atoms with van der Waals surface area (Å²) >= 11 is 0. The van der Waals surface area contributed by atoms with Gasteiger partial charge in [-0.05, 0) is 0 Å². The molecule has 0 bridgehead atoms. The van der Waals surface area contributed by atoms with E-state index in [0.717, 1.165) is 0 Å². The lowest BCUT2D eigenvalue weighted by molar-refractivity contribution is -0.155. The Hall–Kier alpha value is -2.17. The summed E-state index contributed by atoms with van der Waals surface area (Å²) < 4.78 is 11.5. The van der Waals surface area contributed by atoms with Gasteiger partial charge in [-0.3, -0.25) is 9.78 Å². The Morgan fingerprint density at radius 3 is 3.26 bits per heavy atom. The number of anilines is 1. The van der Waals surface area contributed by atoms with Crippen molar-refractivity contribution < 1.29 is 19.4 Å². The van der Waals surface area contributed by atoms with E-state index >= 15 is 0 Å². The van der Waals surface area contributed by atoms with Crippen LogP contribution >= 0.6 is 0 Å². The largest absolute Gasteiger partial charge is 0.391 e. The Morgan fingerprint density at radius 2 is 2.53 bits per heavy atom. The Morgan fingerprint density at radius 1 is 1.68 bits per heavy atom. The van der Waals surface area contributed by atoms with Crippen LogP contribution in [0, 0.1) is 0 Å². The Bertz CT molecular complexity index is 652. The molecule has 3 rings (SSSR count). The van der Waals surface area contributed by atoms with Gasteiger partial charge in [-0.15, -0.1) is 4.73 Å². The van der Waals surface area contributed by atoms with E-state index in [-0.39, 0.29) is 30.3 Å². The number of ether oxygens (including phenoxy) is 2. The van der Waals surface area contributed by atoms with E-state index in [1.807, 2.05) is 0 Å². The molecule has 0 spiro atoms. The summed E-state index contributed by atoms with van der Waals surface area (Å²) in [7, 11) is 0. The minimum atomic E-state index is -0.725. The molecule has 1 saturated heterocycles. The van der Waals surface area contributed by atoms with Crippen LogP contribution < -0.4 is 16.1 Å². The number of aliphatic hydroxyl groups is 1. The van der Waals surface area contributed by atoms with Crippen molar-refractivity contribution in [3.8, 4) is 0 Å². The van der Waals surface area contributed by atoms with E-state index in [1.165, 1.54) is 11.1 Å². The highest BCUT2D eigenvalue weighted by molar-refractivity contribution is 5.69. The van der Waals surface area contributed by atoms with Gasteiger partial charge >= 0.3 is 0 Å². The number of nitrogens with one attached hydrogen (secondary N) is 1. The van der Waals surface area contributed by atoms with Gasteiger partial charge in [0.05, 0.1) is 6.61 Å². The van der Waals surface area contributed by atoms with Crippen molar-refractivity contribution in [3.05, 3.63) is 16.7 Å². The van der Waals surface area contributed by atoms with Gasteiger partial charge in [0.2, 0.25) is 11.6 Å². The first-order chi connectivity index (χ1) is 9.17. The molecule has 3 heterocycles. The maximum atomic E-state index is 11.6. The van der Waals surface area contributed by atoms with Gasteiger partial charge in [-0.1, -0.05) is 0 Å². The maximum absolute atomic E-state index is 11.6. The molecule has 2 aromatic rings. The molecule has 1 aliphatic heterocycles. The first kappa shape index (κ1) is 11.9. The molecular formula is C9H11N5O5. The molecule has 1 aliphatic rings. The average Bonchev–Trinajstić information content (AvgIpc) is 2.97. The van der Waals surface area contributed by atoms with Gasteiger partial charge < -0.3 is 25.2 Å². The third-order valence-electron chi connectivity index (χ3n) is 2.50. The number of hydrogen-bond donors (Lipinski definition) is 3. The van der Waals surface area contributed by atoms with Gasteiger partial charge in [-0.2, -0.15) is 4.98 Å². The fraction of sp³-hybridized carbons (Fsp3) is 0.444. The number of nitrogen functional groups attached to an aromatic ring is 1. The van der Waals surface area contributed by atoms with Crippen molar-refractivity contribution in [3.63, 3.8) is 0 Å². The second-order valence-corrected chi connectivity index (χ2v) is 3.81. The fourth-order valence-corrected chi connectivity index (χ4v) is 1.70. The molecule has 19 heavy (non-hydrogen) atoms. The van der Waals surface area contributed by atoms with E-state index in [1.54, 1.807) is 0 Å². The van der Waals surface area contributed by atoms with E-state index in [4.69, 9.17) is 25.2 Å². The van der Waals surface area contributed by atoms with Crippen LogP contribution in [-0.2, 0) is 9.47 Å². The lowest BCUT2D eigenvalue weighted by atomic mass is 10.5. The first-order valence-corrected chi connectivity index (χ1v) is 5.45. The molecule has 102 valence electrons. The number of rotatable bonds is 3. The smallest absolute Gasteiger partial charge is 0.280 e. The van der Waals surface area contributed by atoms with Crippen molar-refractivity contribution in [2.75, 3.05) is 18.9 Å². The van der Waals surface area contributed by atoms with E-state index < -0.39 is 18.1 Å². The number of imidazole rings is 1. The van der Waals surface area contributed by atoms with Crippen LogP contribution in [0.25, 0.3) is 11.2 Å². The van der Waals surface area contributed by atoms with Crippen LogP contribution in [-0.4, -0.2) is 50.6 Å². The van der Waals surface area contributed by atoms with E-state index in [0.29, 0.717) is 0 Å². The van der Waals surface area contributed by atoms with Crippen LogP contribution in [0.15, 0.2) is 11.1 Å². The van der Waals surface area contributed by atoms with Crippen molar-refractivity contribution in [1.82, 2.24) is 19.7 Å². The minimum absolute atomic E-state index is 0.0420. The third kappa shape index (κ3) is 2.12. The summed E-state index contributed by atoms with van der Waals surface area (Å²) in [6, 6.07) is 0. The summed E-state index contributed by atoms with van der Waals surface area (Å²) in [5.74, 6) is -0.0420. The van der Waals surface area contributed by atoms with Gasteiger partial charge in [0.25, 0.3) is 11.8 Å². The summed E-state index contributed by atoms with van der Waals surface area (Å²) in [5.41, 5.74) is 5.28. The molecular weight excluding hydrogens is 258 g/mol. The van der Waals surface area contributed by atoms with E-state index in [2.05, 4.69) is 15.0 Å². The number of fused-ring (bicyclic) bond motifs is 1. The molecule has 10 heteroatoms. The number of H-pyrrole nitrogens is 1. The zero-order valence-electron chi connectivity index (χ0n) is 9.65. The second-order valence-electron chi connectivity index (χ2n) is 3.81. The lowest BCUT2D eigenvalue weighted by Gasteiger charge is -2.12. The Labute approximate surface area is 105 Å². The monoisotopic (exact) mass is 269 g/mol. The van der Waals surface area contributed by atoms with Crippen molar-refractivity contribution in [2.24, 2.45) is 0 Å². The number of nitrogens with two attached hydrogens (primary N) is 1. The van der Waals surface area contributed by atoms with Gasteiger partial charge in [-0.25, -0.2) is 4.98 Å². The van der Waals surface area contributed by atoms with Gasteiger partial charge in [0.15, 0.2) is 11.8 Å². The highest BCUT2D eigenvalue weighted by atomic mass is 16.9. The van der Waals surface area contributed by atoms with Gasteiger partial charge in [0.1, 0.15) is 12.9 Å².